The van der Waals surface area contributed by atoms with Gasteiger partial charge in [-0.15, -0.1) is 0 Å². The molecule has 2 N–H and O–H groups in total. The molecular weight excluding hydrogens is 302 g/mol. The van der Waals surface area contributed by atoms with Crippen LogP contribution in [0.15, 0.2) is 54.1 Å². The Morgan fingerprint density at radius 2 is 1.71 bits per heavy atom. The van der Waals surface area contributed by atoms with Gasteiger partial charge in [-0.25, -0.2) is 4.79 Å². The van der Waals surface area contributed by atoms with Crippen LogP contribution in [0.4, 0.5) is 5.69 Å². The molecule has 126 valence electrons. The molecule has 0 aliphatic rings. The van der Waals surface area contributed by atoms with Crippen LogP contribution in [0.25, 0.3) is 6.08 Å². The van der Waals surface area contributed by atoms with Gasteiger partial charge in [-0.2, -0.15) is 0 Å². The predicted octanol–water partition coefficient (Wildman–Crippen LogP) is 4.20. The maximum absolute atomic E-state index is 12.2. The molecular formula is C20H23NO3. The van der Waals surface area contributed by atoms with Gasteiger partial charge in [0.25, 0.3) is 0 Å². The van der Waals surface area contributed by atoms with Gasteiger partial charge in [-0.05, 0) is 54.8 Å². The molecule has 2 rings (SSSR count). The molecule has 0 saturated carbocycles. The first-order valence-corrected chi connectivity index (χ1v) is 8.07. The number of nitrogen functional groups attached to an aromatic ring is 1. The van der Waals surface area contributed by atoms with Crippen LogP contribution in [-0.4, -0.2) is 12.6 Å². The Hall–Kier alpha value is -2.75. The first-order chi connectivity index (χ1) is 11.6. The van der Waals surface area contributed by atoms with Crippen LogP contribution in [0.1, 0.15) is 31.4 Å². The van der Waals surface area contributed by atoms with Crippen LogP contribution in [0.3, 0.4) is 0 Å². The SMILES string of the molecule is CCOc1ccc(COC(=O)C(=Cc2ccc(N)cc2)CC)cc1. The number of rotatable bonds is 7. The molecule has 0 saturated heterocycles. The molecule has 0 aliphatic carbocycles. The third-order valence-electron chi connectivity index (χ3n) is 3.52. The van der Waals surface area contributed by atoms with E-state index in [1.807, 2.05) is 68.5 Å². The molecule has 0 unspecified atom stereocenters. The van der Waals surface area contributed by atoms with E-state index in [9.17, 15) is 4.79 Å². The smallest absolute Gasteiger partial charge is 0.334 e. The Balaban J connectivity index is 1.97. The summed E-state index contributed by atoms with van der Waals surface area (Å²) in [6, 6.07) is 14.9. The summed E-state index contributed by atoms with van der Waals surface area (Å²) < 4.78 is 10.8. The molecule has 2 aromatic carbocycles. The molecule has 0 spiro atoms. The number of benzene rings is 2. The van der Waals surface area contributed by atoms with E-state index in [2.05, 4.69) is 0 Å². The van der Waals surface area contributed by atoms with Gasteiger partial charge >= 0.3 is 5.97 Å². The van der Waals surface area contributed by atoms with Crippen molar-refractivity contribution in [1.29, 1.82) is 0 Å². The van der Waals surface area contributed by atoms with Crippen molar-refractivity contribution in [1.82, 2.24) is 0 Å². The highest BCUT2D eigenvalue weighted by molar-refractivity contribution is 5.93. The van der Waals surface area contributed by atoms with Gasteiger partial charge in [0, 0.05) is 11.3 Å². The third-order valence-corrected chi connectivity index (χ3v) is 3.52. The van der Waals surface area contributed by atoms with E-state index in [4.69, 9.17) is 15.2 Å². The summed E-state index contributed by atoms with van der Waals surface area (Å²) in [6.45, 7) is 4.74. The van der Waals surface area contributed by atoms with E-state index < -0.39 is 0 Å². The van der Waals surface area contributed by atoms with Crippen LogP contribution >= 0.6 is 0 Å². The Morgan fingerprint density at radius 1 is 1.04 bits per heavy atom. The Bertz CT molecular complexity index is 688. The number of ether oxygens (including phenoxy) is 2. The molecule has 4 heteroatoms. The zero-order chi connectivity index (χ0) is 17.4. The lowest BCUT2D eigenvalue weighted by Gasteiger charge is -2.08. The highest BCUT2D eigenvalue weighted by Crippen LogP contribution is 2.16. The van der Waals surface area contributed by atoms with Crippen LogP contribution in [0.2, 0.25) is 0 Å². The summed E-state index contributed by atoms with van der Waals surface area (Å²) in [7, 11) is 0. The fourth-order valence-electron chi connectivity index (χ4n) is 2.19. The molecule has 0 aromatic heterocycles. The summed E-state index contributed by atoms with van der Waals surface area (Å²) in [5.41, 5.74) is 8.85. The van der Waals surface area contributed by atoms with E-state index in [0.29, 0.717) is 24.3 Å². The van der Waals surface area contributed by atoms with Crippen molar-refractivity contribution < 1.29 is 14.3 Å². The highest BCUT2D eigenvalue weighted by Gasteiger charge is 2.09. The summed E-state index contributed by atoms with van der Waals surface area (Å²) in [4.78, 5) is 12.2. The Labute approximate surface area is 142 Å². The number of carbonyl (C=O) groups is 1. The van der Waals surface area contributed by atoms with Crippen molar-refractivity contribution in [3.8, 4) is 5.75 Å². The number of anilines is 1. The minimum absolute atomic E-state index is 0.240. The van der Waals surface area contributed by atoms with Crippen molar-refractivity contribution in [3.05, 3.63) is 65.2 Å². The maximum Gasteiger partial charge on any atom is 0.334 e. The van der Waals surface area contributed by atoms with Crippen LogP contribution in [0.5, 0.6) is 5.75 Å². The van der Waals surface area contributed by atoms with Gasteiger partial charge in [-0.1, -0.05) is 31.2 Å². The summed E-state index contributed by atoms with van der Waals surface area (Å²) >= 11 is 0. The lowest BCUT2D eigenvalue weighted by molar-refractivity contribution is -0.140. The van der Waals surface area contributed by atoms with Gasteiger partial charge in [0.15, 0.2) is 0 Å². The number of carbonyl (C=O) groups excluding carboxylic acids is 1. The summed E-state index contributed by atoms with van der Waals surface area (Å²) in [5, 5.41) is 0. The van der Waals surface area contributed by atoms with E-state index in [1.54, 1.807) is 0 Å². The molecule has 0 fully saturated rings. The second kappa shape index (κ2) is 8.77. The summed E-state index contributed by atoms with van der Waals surface area (Å²) in [6.07, 6.45) is 2.44. The van der Waals surface area contributed by atoms with Crippen molar-refractivity contribution in [2.24, 2.45) is 0 Å². The molecule has 0 atom stereocenters. The number of hydrogen-bond donors (Lipinski definition) is 1. The maximum atomic E-state index is 12.2. The first kappa shape index (κ1) is 17.6. The second-order valence-corrected chi connectivity index (χ2v) is 5.34. The molecule has 0 heterocycles. The molecule has 0 aliphatic heterocycles. The molecule has 0 radical (unpaired) electrons. The average molecular weight is 325 g/mol. The van der Waals surface area contributed by atoms with Gasteiger partial charge in [-0.3, -0.25) is 0 Å². The fourth-order valence-corrected chi connectivity index (χ4v) is 2.19. The Kier molecular flexibility index (Phi) is 6.43. The van der Waals surface area contributed by atoms with E-state index in [0.717, 1.165) is 16.9 Å². The Morgan fingerprint density at radius 3 is 2.29 bits per heavy atom. The van der Waals surface area contributed by atoms with Crippen LogP contribution < -0.4 is 10.5 Å². The van der Waals surface area contributed by atoms with Crippen LogP contribution in [0, 0.1) is 0 Å². The monoisotopic (exact) mass is 325 g/mol. The minimum Gasteiger partial charge on any atom is -0.494 e. The normalized spacial score (nSPS) is 11.2. The fraction of sp³-hybridized carbons (Fsp3) is 0.250. The predicted molar refractivity (Wildman–Crippen MR) is 96.5 cm³/mol. The van der Waals surface area contributed by atoms with Crippen molar-refractivity contribution in [3.63, 3.8) is 0 Å². The number of nitrogens with two attached hydrogens (primary N) is 1. The van der Waals surface area contributed by atoms with E-state index >= 15 is 0 Å². The van der Waals surface area contributed by atoms with Crippen LogP contribution in [-0.2, 0) is 16.1 Å². The van der Waals surface area contributed by atoms with Gasteiger partial charge in [0.1, 0.15) is 12.4 Å². The summed E-state index contributed by atoms with van der Waals surface area (Å²) in [5.74, 6) is 0.508. The lowest BCUT2D eigenvalue weighted by atomic mass is 10.1. The largest absolute Gasteiger partial charge is 0.494 e. The zero-order valence-corrected chi connectivity index (χ0v) is 14.1. The quantitative estimate of drug-likeness (QED) is 0.471. The van der Waals surface area contributed by atoms with E-state index in [1.165, 1.54) is 0 Å². The lowest BCUT2D eigenvalue weighted by Crippen LogP contribution is -2.07. The molecule has 2 aromatic rings. The standard InChI is InChI=1S/C20H23NO3/c1-3-17(13-15-5-9-18(21)10-6-15)20(22)24-14-16-7-11-19(12-8-16)23-4-2/h5-13H,3-4,14,21H2,1-2H3. The topological polar surface area (TPSA) is 61.5 Å². The molecule has 24 heavy (non-hydrogen) atoms. The molecule has 4 nitrogen and oxygen atoms in total. The zero-order valence-electron chi connectivity index (χ0n) is 14.1. The van der Waals surface area contributed by atoms with E-state index in [-0.39, 0.29) is 12.6 Å². The van der Waals surface area contributed by atoms with Gasteiger partial charge < -0.3 is 15.2 Å². The third kappa shape index (κ3) is 5.16. The molecule has 0 bridgehead atoms. The second-order valence-electron chi connectivity index (χ2n) is 5.34. The van der Waals surface area contributed by atoms with Crippen molar-refractivity contribution >= 4 is 17.7 Å². The average Bonchev–Trinajstić information content (AvgIpc) is 2.60. The van der Waals surface area contributed by atoms with Gasteiger partial charge in [0.2, 0.25) is 0 Å². The molecule has 0 amide bonds. The number of hydrogen-bond acceptors (Lipinski definition) is 4. The highest BCUT2D eigenvalue weighted by atomic mass is 16.5. The first-order valence-electron chi connectivity index (χ1n) is 8.07. The number of esters is 1. The van der Waals surface area contributed by atoms with Gasteiger partial charge in [0.05, 0.1) is 6.61 Å². The minimum atomic E-state index is -0.303. The van der Waals surface area contributed by atoms with Crippen molar-refractivity contribution in [2.75, 3.05) is 12.3 Å². The van der Waals surface area contributed by atoms with Crippen molar-refractivity contribution in [2.45, 2.75) is 26.9 Å².